The number of anilines is 1. The van der Waals surface area contributed by atoms with E-state index in [0.717, 1.165) is 11.1 Å². The van der Waals surface area contributed by atoms with E-state index in [0.29, 0.717) is 45.3 Å². The second-order valence-corrected chi connectivity index (χ2v) is 9.99. The van der Waals surface area contributed by atoms with Crippen molar-refractivity contribution in [3.05, 3.63) is 93.7 Å². The number of aliphatic hydroxyl groups is 1. The van der Waals surface area contributed by atoms with Gasteiger partial charge in [-0.2, -0.15) is 0 Å². The number of fused-ring (bicyclic) bond motifs is 1. The second kappa shape index (κ2) is 12.3. The molecule has 1 aromatic heterocycles. The van der Waals surface area contributed by atoms with Crippen LogP contribution in [0, 0.1) is 0 Å². The number of rotatable bonds is 9. The van der Waals surface area contributed by atoms with Gasteiger partial charge in [0.05, 0.1) is 40.1 Å². The van der Waals surface area contributed by atoms with Gasteiger partial charge < -0.3 is 25.6 Å². The van der Waals surface area contributed by atoms with Crippen molar-refractivity contribution in [3.8, 4) is 0 Å². The van der Waals surface area contributed by atoms with Crippen molar-refractivity contribution in [1.29, 1.82) is 0 Å². The number of amides is 3. The molecule has 4 rings (SSSR count). The van der Waals surface area contributed by atoms with Crippen molar-refractivity contribution < 1.29 is 14.7 Å². The molecule has 3 amide bonds. The van der Waals surface area contributed by atoms with Crippen molar-refractivity contribution in [3.63, 3.8) is 0 Å². The highest BCUT2D eigenvalue weighted by Gasteiger charge is 2.22. The summed E-state index contributed by atoms with van der Waals surface area (Å²) in [5, 5.41) is 17.3. The summed E-state index contributed by atoms with van der Waals surface area (Å²) in [6, 6.07) is 17.3. The number of urea groups is 1. The Kier molecular flexibility index (Phi) is 8.89. The van der Waals surface area contributed by atoms with Crippen LogP contribution in [0.3, 0.4) is 0 Å². The number of carbonyl (C=O) groups is 2. The molecule has 0 aliphatic heterocycles. The molecular weight excluding hydrogens is 525 g/mol. The Morgan fingerprint density at radius 1 is 1.05 bits per heavy atom. The fourth-order valence-electron chi connectivity index (χ4n) is 4.05. The number of imidazole rings is 1. The van der Waals surface area contributed by atoms with Crippen molar-refractivity contribution in [1.82, 2.24) is 20.2 Å². The molecule has 1 atom stereocenters. The molecule has 3 aromatic carbocycles. The van der Waals surface area contributed by atoms with Crippen LogP contribution < -0.4 is 10.6 Å². The number of para-hydroxylation sites is 1. The van der Waals surface area contributed by atoms with Crippen LogP contribution in [0.1, 0.15) is 41.4 Å². The Morgan fingerprint density at radius 3 is 2.53 bits per heavy atom. The molecule has 8 nitrogen and oxygen atoms in total. The van der Waals surface area contributed by atoms with Gasteiger partial charge in [0.2, 0.25) is 0 Å². The predicted molar refractivity (Wildman–Crippen MR) is 151 cm³/mol. The number of hydrogen-bond acceptors (Lipinski definition) is 4. The van der Waals surface area contributed by atoms with E-state index in [4.69, 9.17) is 23.2 Å². The topological polar surface area (TPSA) is 110 Å². The van der Waals surface area contributed by atoms with E-state index < -0.39 is 6.10 Å². The average molecular weight is 554 g/mol. The fraction of sp³-hybridized carbons (Fsp3) is 0.250. The molecule has 0 unspecified atom stereocenters. The Morgan fingerprint density at radius 2 is 1.82 bits per heavy atom. The van der Waals surface area contributed by atoms with Crippen LogP contribution in [0.15, 0.2) is 67.0 Å². The molecule has 0 fully saturated rings. The smallest absolute Gasteiger partial charge is 0.322 e. The summed E-state index contributed by atoms with van der Waals surface area (Å²) in [7, 11) is 0. The van der Waals surface area contributed by atoms with Gasteiger partial charge in [-0.15, -0.1) is 0 Å². The number of benzene rings is 3. The van der Waals surface area contributed by atoms with Crippen LogP contribution in [0.25, 0.3) is 11.0 Å². The Hall–Kier alpha value is -3.59. The van der Waals surface area contributed by atoms with E-state index in [2.05, 4.69) is 20.6 Å². The van der Waals surface area contributed by atoms with Crippen LogP contribution in [-0.4, -0.2) is 51.0 Å². The number of aliphatic hydroxyl groups excluding tert-OH is 1. The lowest BCUT2D eigenvalue weighted by molar-refractivity contribution is 0.0955. The molecular formula is C28H29Cl2N5O3. The first-order chi connectivity index (χ1) is 18.2. The minimum absolute atomic E-state index is 0.0885. The maximum atomic E-state index is 13.0. The summed E-state index contributed by atoms with van der Waals surface area (Å²) in [6.07, 6.45) is 1.28. The van der Waals surface area contributed by atoms with E-state index >= 15 is 0 Å². The molecule has 4 N–H and O–H groups in total. The molecule has 38 heavy (non-hydrogen) atoms. The number of aromatic amines is 1. The lowest BCUT2D eigenvalue weighted by Gasteiger charge is -2.29. The van der Waals surface area contributed by atoms with Gasteiger partial charge in [0.15, 0.2) is 0 Å². The lowest BCUT2D eigenvalue weighted by atomic mass is 10.1. The van der Waals surface area contributed by atoms with Crippen LogP contribution >= 0.6 is 23.2 Å². The molecule has 0 bridgehead atoms. The van der Waals surface area contributed by atoms with Gasteiger partial charge in [0, 0.05) is 18.3 Å². The SMILES string of the molecule is CC(C)N(C[C@@H](O)c1ccc(Cl)c(Cl)c1)C(=O)Nc1ccc(CCNC(=O)c2cccc3[nH]cnc23)cc1. The van der Waals surface area contributed by atoms with Crippen LogP contribution in [0.4, 0.5) is 10.5 Å². The molecule has 198 valence electrons. The minimum Gasteiger partial charge on any atom is -0.387 e. The summed E-state index contributed by atoms with van der Waals surface area (Å²) in [4.78, 5) is 34.4. The highest BCUT2D eigenvalue weighted by Crippen LogP contribution is 2.26. The van der Waals surface area contributed by atoms with Gasteiger partial charge in [-0.3, -0.25) is 4.79 Å². The van der Waals surface area contributed by atoms with E-state index in [1.165, 1.54) is 0 Å². The third kappa shape index (κ3) is 6.64. The predicted octanol–water partition coefficient (Wildman–Crippen LogP) is 5.82. The Balaban J connectivity index is 1.30. The van der Waals surface area contributed by atoms with Crippen LogP contribution in [-0.2, 0) is 6.42 Å². The summed E-state index contributed by atoms with van der Waals surface area (Å²) in [6.45, 7) is 4.31. The van der Waals surface area contributed by atoms with Gasteiger partial charge in [0.1, 0.15) is 5.52 Å². The van der Waals surface area contributed by atoms with E-state index in [1.54, 1.807) is 35.5 Å². The zero-order chi connectivity index (χ0) is 27.2. The van der Waals surface area contributed by atoms with Crippen molar-refractivity contribution >= 4 is 51.9 Å². The molecule has 1 heterocycles. The maximum Gasteiger partial charge on any atom is 0.322 e. The summed E-state index contributed by atoms with van der Waals surface area (Å²) >= 11 is 12.0. The number of halogens is 2. The molecule has 10 heteroatoms. The number of H-pyrrole nitrogens is 1. The van der Waals surface area contributed by atoms with E-state index in [-0.39, 0.29) is 24.5 Å². The Labute approximate surface area is 231 Å². The van der Waals surface area contributed by atoms with Gasteiger partial charge in [-0.05, 0) is 67.8 Å². The third-order valence-electron chi connectivity index (χ3n) is 6.18. The number of aromatic nitrogens is 2. The average Bonchev–Trinajstić information content (AvgIpc) is 3.38. The molecule has 0 saturated carbocycles. The fourth-order valence-corrected chi connectivity index (χ4v) is 4.36. The highest BCUT2D eigenvalue weighted by atomic mass is 35.5. The summed E-state index contributed by atoms with van der Waals surface area (Å²) in [5.41, 5.74) is 4.20. The number of nitrogens with zero attached hydrogens (tertiary/aromatic N) is 2. The monoisotopic (exact) mass is 553 g/mol. The van der Waals surface area contributed by atoms with Gasteiger partial charge in [-0.1, -0.05) is 47.5 Å². The zero-order valence-corrected chi connectivity index (χ0v) is 22.6. The molecule has 0 aliphatic rings. The number of nitrogens with one attached hydrogen (secondary N) is 3. The lowest BCUT2D eigenvalue weighted by Crippen LogP contribution is -2.42. The first-order valence-electron chi connectivity index (χ1n) is 12.2. The first kappa shape index (κ1) is 27.4. The molecule has 0 spiro atoms. The first-order valence-corrected chi connectivity index (χ1v) is 13.0. The Bertz CT molecular complexity index is 1420. The molecule has 4 aromatic rings. The quantitative estimate of drug-likeness (QED) is 0.209. The third-order valence-corrected chi connectivity index (χ3v) is 6.92. The van der Waals surface area contributed by atoms with Crippen LogP contribution in [0.2, 0.25) is 10.0 Å². The summed E-state index contributed by atoms with van der Waals surface area (Å²) in [5.74, 6) is -0.177. The minimum atomic E-state index is -0.921. The second-order valence-electron chi connectivity index (χ2n) is 9.17. The maximum absolute atomic E-state index is 13.0. The van der Waals surface area contributed by atoms with Crippen molar-refractivity contribution in [2.24, 2.45) is 0 Å². The number of carbonyl (C=O) groups excluding carboxylic acids is 2. The summed E-state index contributed by atoms with van der Waals surface area (Å²) < 4.78 is 0. The van der Waals surface area contributed by atoms with Crippen molar-refractivity contribution in [2.75, 3.05) is 18.4 Å². The van der Waals surface area contributed by atoms with E-state index in [1.807, 2.05) is 50.2 Å². The van der Waals surface area contributed by atoms with Crippen molar-refractivity contribution in [2.45, 2.75) is 32.4 Å². The van der Waals surface area contributed by atoms with Crippen LogP contribution in [0.5, 0.6) is 0 Å². The molecule has 0 saturated heterocycles. The normalized spacial score (nSPS) is 11.9. The zero-order valence-electron chi connectivity index (χ0n) is 21.0. The molecule has 0 radical (unpaired) electrons. The van der Waals surface area contributed by atoms with E-state index in [9.17, 15) is 14.7 Å². The number of hydrogen-bond donors (Lipinski definition) is 4. The van der Waals surface area contributed by atoms with Gasteiger partial charge in [-0.25, -0.2) is 9.78 Å². The standard InChI is InChI=1S/C28H29Cl2N5O3/c1-17(2)35(15-25(36)19-8-11-22(29)23(30)14-19)28(38)34-20-9-6-18(7-10-20)12-13-31-27(37)21-4-3-5-24-26(21)33-16-32-24/h3-11,14,16-17,25,36H,12-13,15H2,1-2H3,(H,31,37)(H,32,33)(H,34,38)/t25-/m1/s1. The van der Waals surface area contributed by atoms with Gasteiger partial charge >= 0.3 is 6.03 Å². The van der Waals surface area contributed by atoms with Gasteiger partial charge in [0.25, 0.3) is 5.91 Å². The largest absolute Gasteiger partial charge is 0.387 e. The molecule has 0 aliphatic carbocycles. The highest BCUT2D eigenvalue weighted by molar-refractivity contribution is 6.42.